The maximum Gasteiger partial charge on any atom is 0.319 e. The fraction of sp³-hybridized carbons (Fsp3) is 0.222. The number of benzene rings is 2. The highest BCUT2D eigenvalue weighted by Gasteiger charge is 2.23. The number of nitrogens with one attached hydrogen (secondary N) is 3. The lowest BCUT2D eigenvalue weighted by molar-refractivity contribution is 0.102. The standard InChI is InChI=1S/C18H19N3O3/c1-11-2-9-15(16(22)10-11)17(23)19-12-3-5-13(6-4-12)20-18(24)21-14-7-8-14/h2-6,9-10,14,22H,7-8H2,1H3,(H,19,23)(H2,20,21,24). The van der Waals surface area contributed by atoms with Crippen molar-refractivity contribution < 1.29 is 14.7 Å². The van der Waals surface area contributed by atoms with Crippen molar-refractivity contribution in [3.63, 3.8) is 0 Å². The van der Waals surface area contributed by atoms with Crippen molar-refractivity contribution in [3.8, 4) is 5.75 Å². The van der Waals surface area contributed by atoms with Crippen LogP contribution in [0.15, 0.2) is 42.5 Å². The van der Waals surface area contributed by atoms with Crippen LogP contribution in [0, 0.1) is 6.92 Å². The number of rotatable bonds is 4. The molecule has 0 saturated heterocycles. The van der Waals surface area contributed by atoms with Gasteiger partial charge in [0.15, 0.2) is 0 Å². The summed E-state index contributed by atoms with van der Waals surface area (Å²) in [5.41, 5.74) is 2.31. The van der Waals surface area contributed by atoms with Gasteiger partial charge in [0, 0.05) is 17.4 Å². The van der Waals surface area contributed by atoms with Gasteiger partial charge in [-0.3, -0.25) is 4.79 Å². The molecule has 6 heteroatoms. The minimum atomic E-state index is -0.389. The first-order chi connectivity index (χ1) is 11.5. The number of phenols is 1. The molecule has 0 aromatic heterocycles. The molecule has 24 heavy (non-hydrogen) atoms. The van der Waals surface area contributed by atoms with E-state index >= 15 is 0 Å². The van der Waals surface area contributed by atoms with Crippen LogP contribution in [0.4, 0.5) is 16.2 Å². The molecule has 1 fully saturated rings. The van der Waals surface area contributed by atoms with E-state index in [1.165, 1.54) is 0 Å². The van der Waals surface area contributed by atoms with Crippen LogP contribution in [-0.4, -0.2) is 23.1 Å². The van der Waals surface area contributed by atoms with E-state index in [4.69, 9.17) is 0 Å². The average Bonchev–Trinajstić information content (AvgIpc) is 3.33. The predicted octanol–water partition coefficient (Wildman–Crippen LogP) is 3.24. The predicted molar refractivity (Wildman–Crippen MR) is 92.4 cm³/mol. The van der Waals surface area contributed by atoms with Crippen molar-refractivity contribution in [1.29, 1.82) is 0 Å². The van der Waals surface area contributed by atoms with Gasteiger partial charge in [-0.1, -0.05) is 6.07 Å². The van der Waals surface area contributed by atoms with Crippen LogP contribution in [0.1, 0.15) is 28.8 Å². The lowest BCUT2D eigenvalue weighted by atomic mass is 10.1. The van der Waals surface area contributed by atoms with Gasteiger partial charge in [0.1, 0.15) is 5.75 Å². The number of hydrogen-bond acceptors (Lipinski definition) is 3. The van der Waals surface area contributed by atoms with Gasteiger partial charge < -0.3 is 21.1 Å². The van der Waals surface area contributed by atoms with Gasteiger partial charge in [-0.15, -0.1) is 0 Å². The van der Waals surface area contributed by atoms with E-state index in [0.717, 1.165) is 18.4 Å². The van der Waals surface area contributed by atoms with Gasteiger partial charge in [0.05, 0.1) is 5.56 Å². The van der Waals surface area contributed by atoms with E-state index in [2.05, 4.69) is 16.0 Å². The van der Waals surface area contributed by atoms with E-state index in [0.29, 0.717) is 17.4 Å². The van der Waals surface area contributed by atoms with Crippen LogP contribution >= 0.6 is 0 Å². The second-order valence-electron chi connectivity index (χ2n) is 5.92. The monoisotopic (exact) mass is 325 g/mol. The molecule has 0 spiro atoms. The summed E-state index contributed by atoms with van der Waals surface area (Å²) in [6.45, 7) is 1.84. The Hall–Kier alpha value is -3.02. The first kappa shape index (κ1) is 15.9. The number of hydrogen-bond donors (Lipinski definition) is 4. The summed E-state index contributed by atoms with van der Waals surface area (Å²) in [6.07, 6.45) is 2.06. The van der Waals surface area contributed by atoms with Gasteiger partial charge in [-0.05, 0) is 61.7 Å². The molecule has 3 rings (SSSR count). The van der Waals surface area contributed by atoms with Gasteiger partial charge in [0.25, 0.3) is 5.91 Å². The molecule has 0 heterocycles. The van der Waals surface area contributed by atoms with Gasteiger partial charge in [-0.2, -0.15) is 0 Å². The third-order valence-corrected chi connectivity index (χ3v) is 3.71. The zero-order valence-corrected chi connectivity index (χ0v) is 13.3. The second kappa shape index (κ2) is 6.62. The smallest absolute Gasteiger partial charge is 0.319 e. The van der Waals surface area contributed by atoms with Crippen LogP contribution in [0.2, 0.25) is 0 Å². The van der Waals surface area contributed by atoms with Crippen molar-refractivity contribution in [3.05, 3.63) is 53.6 Å². The molecule has 2 aromatic carbocycles. The number of carbonyl (C=O) groups is 2. The SMILES string of the molecule is Cc1ccc(C(=O)Nc2ccc(NC(=O)NC3CC3)cc2)c(O)c1. The number of aryl methyl sites for hydroxylation is 1. The molecule has 1 aliphatic carbocycles. The molecule has 1 saturated carbocycles. The third kappa shape index (κ3) is 4.04. The minimum absolute atomic E-state index is 0.0532. The summed E-state index contributed by atoms with van der Waals surface area (Å²) in [5, 5.41) is 18.1. The summed E-state index contributed by atoms with van der Waals surface area (Å²) >= 11 is 0. The molecule has 0 atom stereocenters. The minimum Gasteiger partial charge on any atom is -0.507 e. The summed E-state index contributed by atoms with van der Waals surface area (Å²) in [4.78, 5) is 23.8. The number of aromatic hydroxyl groups is 1. The number of urea groups is 1. The van der Waals surface area contributed by atoms with Crippen molar-refractivity contribution in [2.24, 2.45) is 0 Å². The highest BCUT2D eigenvalue weighted by molar-refractivity contribution is 6.06. The lowest BCUT2D eigenvalue weighted by Gasteiger charge is -2.09. The Kier molecular flexibility index (Phi) is 4.37. The van der Waals surface area contributed by atoms with E-state index in [1.54, 1.807) is 42.5 Å². The Bertz CT molecular complexity index is 768. The fourth-order valence-corrected chi connectivity index (χ4v) is 2.25. The molecular formula is C18H19N3O3. The van der Waals surface area contributed by atoms with Gasteiger partial charge in [0.2, 0.25) is 0 Å². The Morgan fingerprint density at radius 1 is 1.00 bits per heavy atom. The van der Waals surface area contributed by atoms with Gasteiger partial charge in [-0.25, -0.2) is 4.79 Å². The van der Waals surface area contributed by atoms with Crippen molar-refractivity contribution in [2.75, 3.05) is 10.6 Å². The largest absolute Gasteiger partial charge is 0.507 e. The van der Waals surface area contributed by atoms with Crippen LogP contribution < -0.4 is 16.0 Å². The van der Waals surface area contributed by atoms with E-state index in [9.17, 15) is 14.7 Å². The maximum atomic E-state index is 12.2. The van der Waals surface area contributed by atoms with Crippen molar-refractivity contribution >= 4 is 23.3 Å². The molecule has 124 valence electrons. The number of carbonyl (C=O) groups excluding carboxylic acids is 2. The molecule has 0 unspecified atom stereocenters. The summed E-state index contributed by atoms with van der Waals surface area (Å²) in [5.74, 6) is -0.442. The molecule has 4 N–H and O–H groups in total. The van der Waals surface area contributed by atoms with Crippen LogP contribution in [0.25, 0.3) is 0 Å². The number of anilines is 2. The molecule has 2 aromatic rings. The molecular weight excluding hydrogens is 306 g/mol. The molecule has 0 bridgehead atoms. The first-order valence-corrected chi connectivity index (χ1v) is 7.80. The van der Waals surface area contributed by atoms with Crippen LogP contribution in [-0.2, 0) is 0 Å². The topological polar surface area (TPSA) is 90.5 Å². The Labute approximate surface area is 139 Å². The maximum absolute atomic E-state index is 12.2. The van der Waals surface area contributed by atoms with Crippen LogP contribution in [0.3, 0.4) is 0 Å². The molecule has 0 radical (unpaired) electrons. The van der Waals surface area contributed by atoms with Crippen molar-refractivity contribution in [2.45, 2.75) is 25.8 Å². The van der Waals surface area contributed by atoms with Crippen LogP contribution in [0.5, 0.6) is 5.75 Å². The molecule has 6 nitrogen and oxygen atoms in total. The van der Waals surface area contributed by atoms with E-state index in [1.807, 2.05) is 6.92 Å². The first-order valence-electron chi connectivity index (χ1n) is 7.80. The van der Waals surface area contributed by atoms with E-state index in [-0.39, 0.29) is 23.3 Å². The number of amides is 3. The summed E-state index contributed by atoms with van der Waals surface area (Å²) < 4.78 is 0. The Morgan fingerprint density at radius 3 is 2.21 bits per heavy atom. The quantitative estimate of drug-likeness (QED) is 0.695. The average molecular weight is 325 g/mol. The Morgan fingerprint density at radius 2 is 1.62 bits per heavy atom. The zero-order chi connectivity index (χ0) is 17.1. The fourth-order valence-electron chi connectivity index (χ4n) is 2.25. The second-order valence-corrected chi connectivity index (χ2v) is 5.92. The summed E-state index contributed by atoms with van der Waals surface area (Å²) in [6, 6.07) is 11.8. The highest BCUT2D eigenvalue weighted by Crippen LogP contribution is 2.21. The zero-order valence-electron chi connectivity index (χ0n) is 13.3. The molecule has 0 aliphatic heterocycles. The molecule has 3 amide bonds. The van der Waals surface area contributed by atoms with Gasteiger partial charge >= 0.3 is 6.03 Å². The Balaban J connectivity index is 1.60. The van der Waals surface area contributed by atoms with E-state index < -0.39 is 0 Å². The van der Waals surface area contributed by atoms with Crippen molar-refractivity contribution in [1.82, 2.24) is 5.32 Å². The number of phenolic OH excluding ortho intramolecular Hbond substituents is 1. The third-order valence-electron chi connectivity index (χ3n) is 3.71. The normalized spacial score (nSPS) is 13.2. The summed E-state index contributed by atoms with van der Waals surface area (Å²) in [7, 11) is 0. The highest BCUT2D eigenvalue weighted by atomic mass is 16.3. The molecule has 1 aliphatic rings. The lowest BCUT2D eigenvalue weighted by Crippen LogP contribution is -2.30.